The quantitative estimate of drug-likeness (QED) is 0.805. The molecule has 0 spiro atoms. The molecule has 2 aromatic rings. The first-order chi connectivity index (χ1) is 13.0. The number of alkyl halides is 2. The van der Waals surface area contributed by atoms with E-state index in [1.54, 1.807) is 0 Å². The van der Waals surface area contributed by atoms with E-state index in [4.69, 9.17) is 5.73 Å². The normalized spacial score (nSPS) is 23.0. The molecule has 3 rings (SSSR count). The highest BCUT2D eigenvalue weighted by molar-refractivity contribution is 6.02. The Hall–Kier alpha value is -2.90. The molecule has 1 aliphatic rings. The van der Waals surface area contributed by atoms with E-state index in [0.717, 1.165) is 24.0 Å². The Morgan fingerprint density at radius 3 is 2.14 bits per heavy atom. The van der Waals surface area contributed by atoms with Gasteiger partial charge in [-0.25, -0.2) is 22.6 Å². The van der Waals surface area contributed by atoms with Crippen LogP contribution in [0.3, 0.4) is 0 Å². The zero-order valence-corrected chi connectivity index (χ0v) is 15.5. The van der Waals surface area contributed by atoms with E-state index in [-0.39, 0.29) is 11.5 Å². The molecule has 8 heteroatoms. The fraction of sp³-hybridized carbons (Fsp3) is 0.300. The number of nitrogens with two attached hydrogens (primary N) is 1. The molecule has 0 unspecified atom stereocenters. The summed E-state index contributed by atoms with van der Waals surface area (Å²) in [6.07, 6.45) is 0. The molecule has 2 aromatic carbocycles. The molecule has 2 N–H and O–H groups in total. The van der Waals surface area contributed by atoms with Crippen LogP contribution in [0.25, 0.3) is 0 Å². The van der Waals surface area contributed by atoms with E-state index in [1.807, 2.05) is 0 Å². The van der Waals surface area contributed by atoms with Crippen molar-refractivity contribution in [2.45, 2.75) is 31.2 Å². The first-order valence-corrected chi connectivity index (χ1v) is 8.52. The van der Waals surface area contributed by atoms with Gasteiger partial charge in [0.05, 0.1) is 11.5 Å². The summed E-state index contributed by atoms with van der Waals surface area (Å²) in [6.45, 7) is 2.16. The maximum Gasteiger partial charge on any atom is 0.270 e. The average Bonchev–Trinajstić information content (AvgIpc) is 2.59. The van der Waals surface area contributed by atoms with Crippen molar-refractivity contribution in [3.05, 3.63) is 70.8 Å². The molecule has 0 aromatic heterocycles. The summed E-state index contributed by atoms with van der Waals surface area (Å²) in [5, 5.41) is 0. The number of nitrogens with zero attached hydrogens (tertiary/aromatic N) is 2. The number of benzene rings is 2. The minimum atomic E-state index is -3.06. The second-order valence-corrected chi connectivity index (χ2v) is 7.05. The number of carbonyl (C=O) groups excluding carboxylic acids is 1. The van der Waals surface area contributed by atoms with Crippen LogP contribution >= 0.6 is 0 Å². The lowest BCUT2D eigenvalue weighted by Gasteiger charge is -2.41. The van der Waals surface area contributed by atoms with E-state index in [1.165, 1.54) is 44.3 Å². The number of hydrogen-bond donors (Lipinski definition) is 1. The van der Waals surface area contributed by atoms with Gasteiger partial charge in [-0.1, -0.05) is 30.3 Å². The van der Waals surface area contributed by atoms with Gasteiger partial charge in [0.2, 0.25) is 5.91 Å². The lowest BCUT2D eigenvalue weighted by molar-refractivity contribution is -0.130. The third-order valence-electron chi connectivity index (χ3n) is 5.05. The molecule has 1 heterocycles. The van der Waals surface area contributed by atoms with Crippen molar-refractivity contribution in [1.82, 2.24) is 4.90 Å². The Labute approximate surface area is 159 Å². The zero-order chi connectivity index (χ0) is 20.9. The summed E-state index contributed by atoms with van der Waals surface area (Å²) in [7, 11) is 1.39. The van der Waals surface area contributed by atoms with Gasteiger partial charge in [0.1, 0.15) is 17.2 Å². The fourth-order valence-corrected chi connectivity index (χ4v) is 3.54. The molecule has 1 amide bonds. The molecule has 0 fully saturated rings. The van der Waals surface area contributed by atoms with E-state index in [2.05, 4.69) is 4.99 Å². The molecule has 2 atom stereocenters. The molecule has 4 nitrogen and oxygen atoms in total. The van der Waals surface area contributed by atoms with E-state index < -0.39 is 40.5 Å². The summed E-state index contributed by atoms with van der Waals surface area (Å²) in [5.74, 6) is -6.71. The highest BCUT2D eigenvalue weighted by Crippen LogP contribution is 2.45. The number of halogens is 4. The number of hydrogen-bond acceptors (Lipinski definition) is 3. The molecule has 0 saturated carbocycles. The van der Waals surface area contributed by atoms with Crippen molar-refractivity contribution in [1.29, 1.82) is 0 Å². The van der Waals surface area contributed by atoms with Crippen LogP contribution in [0, 0.1) is 11.6 Å². The molecule has 148 valence electrons. The lowest BCUT2D eigenvalue weighted by atomic mass is 9.74. The monoisotopic (exact) mass is 393 g/mol. The number of aliphatic imine (C=N–C) groups is 1. The van der Waals surface area contributed by atoms with Crippen molar-refractivity contribution < 1.29 is 22.4 Å². The van der Waals surface area contributed by atoms with E-state index in [9.17, 15) is 22.4 Å². The number of carbonyl (C=O) groups is 1. The van der Waals surface area contributed by atoms with Crippen LogP contribution < -0.4 is 5.73 Å². The maximum absolute atomic E-state index is 14.6. The van der Waals surface area contributed by atoms with Crippen molar-refractivity contribution in [3.63, 3.8) is 0 Å². The molecule has 0 saturated heterocycles. The minimum absolute atomic E-state index is 0.192. The summed E-state index contributed by atoms with van der Waals surface area (Å²) >= 11 is 0. The summed E-state index contributed by atoms with van der Waals surface area (Å²) < 4.78 is 56.2. The highest BCUT2D eigenvalue weighted by atomic mass is 19.3. The van der Waals surface area contributed by atoms with Gasteiger partial charge in [0, 0.05) is 19.5 Å². The average molecular weight is 393 g/mol. The van der Waals surface area contributed by atoms with Crippen molar-refractivity contribution in [3.8, 4) is 0 Å². The third-order valence-corrected chi connectivity index (χ3v) is 5.05. The predicted molar refractivity (Wildman–Crippen MR) is 96.9 cm³/mol. The number of rotatable bonds is 3. The standard InChI is InChI=1S/C20H19F4N3O/c1-19(16-13(21)5-4-6-14(16)22)15(17(28)27(3)18(25)26-19)11-7-9-12(10-8-11)20(2,23)24/h4-10,15H,1-3H3,(H2,25,26)/t15-,19+/m1/s1. The van der Waals surface area contributed by atoms with Crippen LogP contribution in [0.5, 0.6) is 0 Å². The number of likely N-dealkylation sites (N-methyl/N-ethyl adjacent to an activating group) is 1. The molecule has 0 aliphatic carbocycles. The predicted octanol–water partition coefficient (Wildman–Crippen LogP) is 3.86. The molecule has 0 bridgehead atoms. The first kappa shape index (κ1) is 19.9. The number of amides is 1. The van der Waals surface area contributed by atoms with Crippen LogP contribution in [0.2, 0.25) is 0 Å². The Morgan fingerprint density at radius 1 is 1.11 bits per heavy atom. The smallest absolute Gasteiger partial charge is 0.270 e. The van der Waals surface area contributed by atoms with Gasteiger partial charge < -0.3 is 5.73 Å². The van der Waals surface area contributed by atoms with E-state index in [0.29, 0.717) is 5.56 Å². The molecule has 0 radical (unpaired) electrons. The summed E-state index contributed by atoms with van der Waals surface area (Å²) in [5.41, 5.74) is 3.77. The summed E-state index contributed by atoms with van der Waals surface area (Å²) in [4.78, 5) is 18.3. The van der Waals surface area contributed by atoms with Crippen LogP contribution in [0.4, 0.5) is 17.6 Å². The lowest BCUT2D eigenvalue weighted by Crippen LogP contribution is -2.53. The van der Waals surface area contributed by atoms with Gasteiger partial charge in [-0.3, -0.25) is 9.69 Å². The van der Waals surface area contributed by atoms with Crippen molar-refractivity contribution in [2.24, 2.45) is 10.7 Å². The Kier molecular flexibility index (Phi) is 4.69. The molecule has 1 aliphatic heterocycles. The van der Waals surface area contributed by atoms with Gasteiger partial charge >= 0.3 is 0 Å². The third kappa shape index (κ3) is 3.12. The number of guanidine groups is 1. The van der Waals surface area contributed by atoms with Gasteiger partial charge in [-0.05, 0) is 24.6 Å². The van der Waals surface area contributed by atoms with E-state index >= 15 is 0 Å². The van der Waals surface area contributed by atoms with Gasteiger partial charge in [-0.15, -0.1) is 0 Å². The van der Waals surface area contributed by atoms with Gasteiger partial charge in [0.15, 0.2) is 5.96 Å². The van der Waals surface area contributed by atoms with Crippen LogP contribution in [0.15, 0.2) is 47.5 Å². The molecule has 28 heavy (non-hydrogen) atoms. The highest BCUT2D eigenvalue weighted by Gasteiger charge is 2.49. The zero-order valence-electron chi connectivity index (χ0n) is 15.5. The van der Waals surface area contributed by atoms with Crippen LogP contribution in [-0.4, -0.2) is 23.8 Å². The Morgan fingerprint density at radius 2 is 1.64 bits per heavy atom. The Balaban J connectivity index is 2.23. The second kappa shape index (κ2) is 6.61. The SMILES string of the molecule is CN1C(=O)[C@@H](c2ccc(C(C)(F)F)cc2)[C@@](C)(c2c(F)cccc2F)N=C1N. The van der Waals surface area contributed by atoms with Gasteiger partial charge in [0.25, 0.3) is 5.92 Å². The Bertz CT molecular complexity index is 933. The molecular weight excluding hydrogens is 374 g/mol. The van der Waals surface area contributed by atoms with Gasteiger partial charge in [-0.2, -0.15) is 0 Å². The van der Waals surface area contributed by atoms with Crippen LogP contribution in [0.1, 0.15) is 36.5 Å². The topological polar surface area (TPSA) is 58.7 Å². The molecular formula is C20H19F4N3O. The van der Waals surface area contributed by atoms with Crippen LogP contribution in [-0.2, 0) is 16.3 Å². The van der Waals surface area contributed by atoms with Crippen molar-refractivity contribution >= 4 is 11.9 Å². The summed E-state index contributed by atoms with van der Waals surface area (Å²) in [6, 6.07) is 8.39. The fourth-order valence-electron chi connectivity index (χ4n) is 3.54. The second-order valence-electron chi connectivity index (χ2n) is 7.05. The largest absolute Gasteiger partial charge is 0.369 e. The maximum atomic E-state index is 14.6. The van der Waals surface area contributed by atoms with Crippen molar-refractivity contribution in [2.75, 3.05) is 7.05 Å². The minimum Gasteiger partial charge on any atom is -0.369 e. The first-order valence-electron chi connectivity index (χ1n) is 8.52.